The van der Waals surface area contributed by atoms with E-state index in [9.17, 15) is 0 Å². The van der Waals surface area contributed by atoms with Gasteiger partial charge in [0.25, 0.3) is 0 Å². The monoisotopic (exact) mass is 189 g/mol. The maximum absolute atomic E-state index is 5.43. The summed E-state index contributed by atoms with van der Waals surface area (Å²) in [6.45, 7) is 4.30. The van der Waals surface area contributed by atoms with Gasteiger partial charge in [0.2, 0.25) is 10.3 Å². The van der Waals surface area contributed by atoms with E-state index in [0.717, 1.165) is 11.6 Å². The van der Waals surface area contributed by atoms with E-state index in [1.165, 1.54) is 11.5 Å². The number of anilines is 1. The highest BCUT2D eigenvalue weighted by atomic mass is 32.2. The topological polar surface area (TPSA) is 51.8 Å². The molecule has 1 unspecified atom stereocenters. The third-order valence-electron chi connectivity index (χ3n) is 1.30. The first-order valence-electron chi connectivity index (χ1n) is 3.48. The molecule has 5 heteroatoms. The van der Waals surface area contributed by atoms with Gasteiger partial charge < -0.3 is 5.73 Å². The largest absolute Gasteiger partial charge is 0.374 e. The summed E-state index contributed by atoms with van der Waals surface area (Å²) in [6.07, 6.45) is 1.13. The van der Waals surface area contributed by atoms with Gasteiger partial charge in [0.1, 0.15) is 0 Å². The van der Waals surface area contributed by atoms with E-state index in [4.69, 9.17) is 5.73 Å². The summed E-state index contributed by atoms with van der Waals surface area (Å²) in [5.41, 5.74) is 5.43. The Bertz CT molecular complexity index is 223. The van der Waals surface area contributed by atoms with Crippen LogP contribution in [0.2, 0.25) is 0 Å². The Morgan fingerprint density at radius 3 is 2.91 bits per heavy atom. The Labute approximate surface area is 74.6 Å². The van der Waals surface area contributed by atoms with Crippen LogP contribution in [0.25, 0.3) is 0 Å². The summed E-state index contributed by atoms with van der Waals surface area (Å²) >= 11 is 2.93. The first-order chi connectivity index (χ1) is 5.22. The molecule has 0 aliphatic carbocycles. The molecule has 3 nitrogen and oxygen atoms in total. The predicted octanol–water partition coefficient (Wildman–Crippen LogP) is 2.01. The lowest BCUT2D eigenvalue weighted by Crippen LogP contribution is -1.92. The zero-order valence-corrected chi connectivity index (χ0v) is 8.21. The average Bonchev–Trinajstić information content (AvgIpc) is 2.35. The Kier molecular flexibility index (Phi) is 3.14. The van der Waals surface area contributed by atoms with Crippen molar-refractivity contribution in [1.82, 2.24) is 9.36 Å². The molecule has 62 valence electrons. The molecular formula is C6H11N3S2. The molecule has 0 spiro atoms. The third-order valence-corrected chi connectivity index (χ3v) is 3.09. The summed E-state index contributed by atoms with van der Waals surface area (Å²) < 4.78 is 4.07. The summed E-state index contributed by atoms with van der Waals surface area (Å²) in [5, 5.41) is 1.93. The molecule has 0 saturated carbocycles. The van der Waals surface area contributed by atoms with E-state index in [0.29, 0.717) is 10.4 Å². The van der Waals surface area contributed by atoms with E-state index in [2.05, 4.69) is 23.2 Å². The molecule has 0 radical (unpaired) electrons. The summed E-state index contributed by atoms with van der Waals surface area (Å²) in [4.78, 5) is 4.05. The van der Waals surface area contributed by atoms with Crippen LogP contribution in [-0.4, -0.2) is 14.6 Å². The van der Waals surface area contributed by atoms with Crippen molar-refractivity contribution in [3.63, 3.8) is 0 Å². The predicted molar refractivity (Wildman–Crippen MR) is 49.9 cm³/mol. The second-order valence-corrected chi connectivity index (χ2v) is 4.44. The second kappa shape index (κ2) is 3.92. The Balaban J connectivity index is 2.50. The van der Waals surface area contributed by atoms with Gasteiger partial charge in [-0.3, -0.25) is 0 Å². The zero-order chi connectivity index (χ0) is 8.27. The van der Waals surface area contributed by atoms with E-state index in [-0.39, 0.29) is 0 Å². The molecule has 1 rings (SSSR count). The first kappa shape index (κ1) is 8.80. The van der Waals surface area contributed by atoms with E-state index >= 15 is 0 Å². The van der Waals surface area contributed by atoms with Crippen molar-refractivity contribution in [1.29, 1.82) is 0 Å². The first-order valence-corrected chi connectivity index (χ1v) is 5.13. The second-order valence-electron chi connectivity index (χ2n) is 2.25. The van der Waals surface area contributed by atoms with Gasteiger partial charge in [-0.25, -0.2) is 0 Å². The number of nitrogen functional groups attached to an aromatic ring is 1. The fourth-order valence-electron chi connectivity index (χ4n) is 0.532. The van der Waals surface area contributed by atoms with Gasteiger partial charge in [-0.2, -0.15) is 9.36 Å². The molecule has 1 atom stereocenters. The number of hydrogen-bond acceptors (Lipinski definition) is 5. The number of aromatic nitrogens is 2. The summed E-state index contributed by atoms with van der Waals surface area (Å²) in [5.74, 6) is 0. The van der Waals surface area contributed by atoms with E-state index in [1.54, 1.807) is 11.8 Å². The van der Waals surface area contributed by atoms with Gasteiger partial charge in [-0.1, -0.05) is 25.6 Å². The molecule has 0 amide bonds. The molecule has 11 heavy (non-hydrogen) atoms. The minimum Gasteiger partial charge on any atom is -0.374 e. The molecule has 0 aromatic carbocycles. The Morgan fingerprint density at radius 2 is 2.45 bits per heavy atom. The lowest BCUT2D eigenvalue weighted by molar-refractivity contribution is 0.897. The van der Waals surface area contributed by atoms with E-state index < -0.39 is 0 Å². The van der Waals surface area contributed by atoms with Crippen LogP contribution in [0.1, 0.15) is 20.3 Å². The van der Waals surface area contributed by atoms with Crippen LogP contribution < -0.4 is 5.73 Å². The highest BCUT2D eigenvalue weighted by molar-refractivity contribution is 7.99. The molecule has 0 bridgehead atoms. The zero-order valence-electron chi connectivity index (χ0n) is 6.57. The SMILES string of the molecule is CCC(C)Sc1nsc(N)n1. The van der Waals surface area contributed by atoms with Gasteiger partial charge in [0.15, 0.2) is 0 Å². The van der Waals surface area contributed by atoms with Gasteiger partial charge in [-0.05, 0) is 6.42 Å². The van der Waals surface area contributed by atoms with Gasteiger partial charge in [-0.15, -0.1) is 0 Å². The number of hydrogen-bond donors (Lipinski definition) is 1. The molecule has 0 fully saturated rings. The number of thioether (sulfide) groups is 1. The number of rotatable bonds is 3. The molecular weight excluding hydrogens is 178 g/mol. The average molecular weight is 189 g/mol. The van der Waals surface area contributed by atoms with Gasteiger partial charge in [0, 0.05) is 16.8 Å². The van der Waals surface area contributed by atoms with Crippen LogP contribution in [0.4, 0.5) is 5.13 Å². The summed E-state index contributed by atoms with van der Waals surface area (Å²) in [6, 6.07) is 0. The van der Waals surface area contributed by atoms with Crippen LogP contribution in [0.5, 0.6) is 0 Å². The lowest BCUT2D eigenvalue weighted by atomic mass is 10.4. The van der Waals surface area contributed by atoms with Crippen molar-refractivity contribution in [2.24, 2.45) is 0 Å². The minimum absolute atomic E-state index is 0.552. The van der Waals surface area contributed by atoms with Crippen molar-refractivity contribution < 1.29 is 0 Å². The smallest absolute Gasteiger partial charge is 0.202 e. The molecule has 2 N–H and O–H groups in total. The maximum atomic E-state index is 5.43. The van der Waals surface area contributed by atoms with Gasteiger partial charge in [0.05, 0.1) is 0 Å². The van der Waals surface area contributed by atoms with Crippen molar-refractivity contribution in [2.45, 2.75) is 30.7 Å². The highest BCUT2D eigenvalue weighted by Crippen LogP contribution is 2.23. The van der Waals surface area contributed by atoms with Crippen LogP contribution in [0.15, 0.2) is 5.16 Å². The fourth-order valence-corrected chi connectivity index (χ4v) is 1.89. The van der Waals surface area contributed by atoms with Crippen molar-refractivity contribution in [3.05, 3.63) is 0 Å². The highest BCUT2D eigenvalue weighted by Gasteiger charge is 2.05. The molecule has 0 saturated heterocycles. The standard InChI is InChI=1S/C6H11N3S2/c1-3-4(2)10-6-8-5(7)11-9-6/h4H,3H2,1-2H3,(H2,7,8,9). The molecule has 1 heterocycles. The van der Waals surface area contributed by atoms with Crippen molar-refractivity contribution in [2.75, 3.05) is 5.73 Å². The molecule has 0 aliphatic heterocycles. The minimum atomic E-state index is 0.552. The molecule has 1 aromatic heterocycles. The molecule has 0 aliphatic rings. The normalized spacial score (nSPS) is 13.3. The lowest BCUT2D eigenvalue weighted by Gasteiger charge is -2.01. The molecule has 1 aromatic rings. The van der Waals surface area contributed by atoms with Crippen LogP contribution in [0, 0.1) is 0 Å². The van der Waals surface area contributed by atoms with Crippen LogP contribution in [0.3, 0.4) is 0 Å². The van der Waals surface area contributed by atoms with Crippen molar-refractivity contribution >= 4 is 28.4 Å². The van der Waals surface area contributed by atoms with Crippen molar-refractivity contribution in [3.8, 4) is 0 Å². The van der Waals surface area contributed by atoms with Crippen LogP contribution >= 0.6 is 23.3 Å². The van der Waals surface area contributed by atoms with Gasteiger partial charge >= 0.3 is 0 Å². The third kappa shape index (κ3) is 2.67. The Hall–Kier alpha value is -0.290. The van der Waals surface area contributed by atoms with E-state index in [1.807, 2.05) is 0 Å². The maximum Gasteiger partial charge on any atom is 0.202 e. The number of nitrogens with zero attached hydrogens (tertiary/aromatic N) is 2. The fraction of sp³-hybridized carbons (Fsp3) is 0.667. The van der Waals surface area contributed by atoms with Crippen LogP contribution in [-0.2, 0) is 0 Å². The summed E-state index contributed by atoms with van der Waals surface area (Å²) in [7, 11) is 0. The number of nitrogens with two attached hydrogens (primary N) is 1. The quantitative estimate of drug-likeness (QED) is 0.739. The Morgan fingerprint density at radius 1 is 1.73 bits per heavy atom.